The number of alkyl halides is 6. The maximum Gasteiger partial charge on any atom is 0.404 e. The van der Waals surface area contributed by atoms with E-state index in [-0.39, 0.29) is 19.0 Å². The highest BCUT2D eigenvalue weighted by Crippen LogP contribution is 2.56. The molecular weight excluding hydrogens is 378 g/mol. The Morgan fingerprint density at radius 2 is 1.60 bits per heavy atom. The number of hydrogen-bond donors (Lipinski definition) is 1. The third-order valence-corrected chi connectivity index (χ3v) is 5.08. The van der Waals surface area contributed by atoms with Crippen LogP contribution < -0.4 is 5.32 Å². The number of carbonyl (C=O) groups is 1. The maximum atomic E-state index is 13.1. The highest BCUT2D eigenvalue weighted by molar-refractivity contribution is 5.85. The molecule has 2 rings (SSSR count). The zero-order valence-corrected chi connectivity index (χ0v) is 14.4. The number of halogens is 7. The number of methoxy groups -OCH3 is 1. The van der Waals surface area contributed by atoms with Crippen LogP contribution in [0, 0.1) is 10.8 Å². The summed E-state index contributed by atoms with van der Waals surface area (Å²) in [6, 6.07) is 0. The van der Waals surface area contributed by atoms with Gasteiger partial charge in [-0.15, -0.1) is 12.4 Å². The van der Waals surface area contributed by atoms with E-state index in [4.69, 9.17) is 4.74 Å². The Kier molecular flexibility index (Phi) is 6.67. The fourth-order valence-electron chi connectivity index (χ4n) is 3.54. The van der Waals surface area contributed by atoms with Crippen LogP contribution in [0.4, 0.5) is 26.3 Å². The van der Waals surface area contributed by atoms with Gasteiger partial charge in [-0.3, -0.25) is 4.79 Å². The van der Waals surface area contributed by atoms with Gasteiger partial charge in [-0.25, -0.2) is 0 Å². The second-order valence-corrected chi connectivity index (χ2v) is 6.52. The first-order chi connectivity index (χ1) is 11.0. The molecule has 2 saturated heterocycles. The van der Waals surface area contributed by atoms with Crippen molar-refractivity contribution in [3.05, 3.63) is 0 Å². The Balaban J connectivity index is 0.00000312. The molecule has 2 aliphatic rings. The van der Waals surface area contributed by atoms with Crippen molar-refractivity contribution in [2.24, 2.45) is 10.8 Å². The lowest BCUT2D eigenvalue weighted by molar-refractivity contribution is -0.335. The van der Waals surface area contributed by atoms with Gasteiger partial charge in [0.2, 0.25) is 5.91 Å². The van der Waals surface area contributed by atoms with E-state index >= 15 is 0 Å². The number of piperidine rings is 1. The van der Waals surface area contributed by atoms with Crippen molar-refractivity contribution in [3.8, 4) is 0 Å². The van der Waals surface area contributed by atoms with Gasteiger partial charge < -0.3 is 15.0 Å². The summed E-state index contributed by atoms with van der Waals surface area (Å²) in [4.78, 5) is 13.5. The molecule has 0 bridgehead atoms. The van der Waals surface area contributed by atoms with Crippen LogP contribution in [-0.2, 0) is 9.53 Å². The van der Waals surface area contributed by atoms with Crippen molar-refractivity contribution in [1.29, 1.82) is 0 Å². The number of likely N-dealkylation sites (tertiary alicyclic amines) is 1. The summed E-state index contributed by atoms with van der Waals surface area (Å²) in [6.07, 6.45) is -11.4. The number of ether oxygens (including phenoxy) is 1. The zero-order chi connectivity index (χ0) is 18.2. The summed E-state index contributed by atoms with van der Waals surface area (Å²) in [5.74, 6) is -0.679. The van der Waals surface area contributed by atoms with E-state index in [1.165, 1.54) is 7.11 Å². The molecule has 0 radical (unpaired) electrons. The normalized spacial score (nSPS) is 23.2. The first kappa shape index (κ1) is 22.3. The van der Waals surface area contributed by atoms with Gasteiger partial charge in [0.1, 0.15) is 0 Å². The second kappa shape index (κ2) is 7.48. The minimum absolute atomic E-state index is 0. The fraction of sp³-hybridized carbons (Fsp3) is 0.929. The van der Waals surface area contributed by atoms with Crippen LogP contribution in [0.1, 0.15) is 19.3 Å². The Bertz CT molecular complexity index is 457. The molecule has 0 aromatic rings. The molecule has 1 N–H and O–H groups in total. The molecule has 148 valence electrons. The van der Waals surface area contributed by atoms with E-state index in [1.54, 1.807) is 0 Å². The molecule has 11 heteroatoms. The van der Waals surface area contributed by atoms with E-state index in [0.717, 1.165) is 0 Å². The van der Waals surface area contributed by atoms with Crippen molar-refractivity contribution >= 4 is 18.3 Å². The molecule has 0 spiro atoms. The van der Waals surface area contributed by atoms with Gasteiger partial charge in [0.05, 0.1) is 12.0 Å². The monoisotopic (exact) mass is 398 g/mol. The van der Waals surface area contributed by atoms with Crippen molar-refractivity contribution < 1.29 is 35.9 Å². The SMILES string of the molecule is COCC1(C(=O)N2CCC(C(F)(F)F)(C(F)(F)F)C2)CCNCC1.Cl. The molecule has 2 fully saturated rings. The summed E-state index contributed by atoms with van der Waals surface area (Å²) >= 11 is 0. The van der Waals surface area contributed by atoms with Gasteiger partial charge in [0.15, 0.2) is 5.41 Å². The lowest BCUT2D eigenvalue weighted by atomic mass is 9.78. The topological polar surface area (TPSA) is 41.6 Å². The summed E-state index contributed by atoms with van der Waals surface area (Å²) in [5, 5.41) is 3.02. The number of rotatable bonds is 3. The fourth-order valence-corrected chi connectivity index (χ4v) is 3.54. The number of nitrogens with one attached hydrogen (secondary N) is 1. The summed E-state index contributed by atoms with van der Waals surface area (Å²) in [5.41, 5.74) is -4.91. The Morgan fingerprint density at radius 1 is 1.08 bits per heavy atom. The predicted molar refractivity (Wildman–Crippen MR) is 79.4 cm³/mol. The Hall–Kier alpha value is -0.740. The second-order valence-electron chi connectivity index (χ2n) is 6.52. The van der Waals surface area contributed by atoms with E-state index in [0.29, 0.717) is 30.8 Å². The summed E-state index contributed by atoms with van der Waals surface area (Å²) < 4.78 is 83.9. The van der Waals surface area contributed by atoms with Gasteiger partial charge >= 0.3 is 12.4 Å². The van der Waals surface area contributed by atoms with E-state index in [2.05, 4.69) is 5.32 Å². The van der Waals surface area contributed by atoms with E-state index < -0.39 is 48.6 Å². The predicted octanol–water partition coefficient (Wildman–Crippen LogP) is 2.77. The van der Waals surface area contributed by atoms with Crippen LogP contribution in [0.25, 0.3) is 0 Å². The van der Waals surface area contributed by atoms with Crippen molar-refractivity contribution in [3.63, 3.8) is 0 Å². The first-order valence-corrected chi connectivity index (χ1v) is 7.62. The van der Waals surface area contributed by atoms with Crippen LogP contribution in [-0.4, -0.2) is 63.1 Å². The molecule has 0 atom stereocenters. The molecule has 2 aliphatic heterocycles. The van der Waals surface area contributed by atoms with Gasteiger partial charge in [-0.2, -0.15) is 26.3 Å². The highest BCUT2D eigenvalue weighted by Gasteiger charge is 2.73. The molecule has 0 aromatic heterocycles. The zero-order valence-electron chi connectivity index (χ0n) is 13.6. The van der Waals surface area contributed by atoms with Crippen molar-refractivity contribution in [2.75, 3.05) is 39.9 Å². The number of hydrogen-bond acceptors (Lipinski definition) is 3. The average molecular weight is 399 g/mol. The molecule has 1 amide bonds. The standard InChI is InChI=1S/C14H20F6N2O2.ClH/c1-24-9-11(2-5-21-6-3-11)10(23)22-7-4-12(8-22,13(15,16)17)14(18,19)20;/h21H,2-9H2,1H3;1H. The first-order valence-electron chi connectivity index (χ1n) is 7.62. The summed E-state index contributed by atoms with van der Waals surface area (Å²) in [6.45, 7) is -1.03. The smallest absolute Gasteiger partial charge is 0.384 e. The van der Waals surface area contributed by atoms with Crippen molar-refractivity contribution in [2.45, 2.75) is 31.6 Å². The van der Waals surface area contributed by atoms with Crippen LogP contribution in [0.5, 0.6) is 0 Å². The van der Waals surface area contributed by atoms with Gasteiger partial charge in [-0.1, -0.05) is 0 Å². The molecule has 2 heterocycles. The quantitative estimate of drug-likeness (QED) is 0.743. The van der Waals surface area contributed by atoms with Gasteiger partial charge in [0, 0.05) is 20.2 Å². The number of nitrogens with zero attached hydrogens (tertiary/aromatic N) is 1. The van der Waals surface area contributed by atoms with Gasteiger partial charge in [-0.05, 0) is 32.4 Å². The lowest BCUT2D eigenvalue weighted by Crippen LogP contribution is -2.55. The Labute approximate surface area is 147 Å². The molecule has 0 aromatic carbocycles. The Morgan fingerprint density at radius 3 is 2.00 bits per heavy atom. The van der Waals surface area contributed by atoms with E-state index in [9.17, 15) is 31.1 Å². The number of carbonyl (C=O) groups excluding carboxylic acids is 1. The highest BCUT2D eigenvalue weighted by atomic mass is 35.5. The van der Waals surface area contributed by atoms with Crippen LogP contribution in [0.15, 0.2) is 0 Å². The lowest BCUT2D eigenvalue weighted by Gasteiger charge is -2.39. The van der Waals surface area contributed by atoms with Crippen LogP contribution in [0.3, 0.4) is 0 Å². The third-order valence-electron chi connectivity index (χ3n) is 5.08. The molecule has 4 nitrogen and oxygen atoms in total. The van der Waals surface area contributed by atoms with Crippen molar-refractivity contribution in [1.82, 2.24) is 10.2 Å². The maximum absolute atomic E-state index is 13.1. The average Bonchev–Trinajstić information content (AvgIpc) is 2.93. The van der Waals surface area contributed by atoms with Crippen LogP contribution in [0.2, 0.25) is 0 Å². The van der Waals surface area contributed by atoms with Gasteiger partial charge in [0.25, 0.3) is 0 Å². The molecule has 0 aliphatic carbocycles. The van der Waals surface area contributed by atoms with E-state index in [1.807, 2.05) is 0 Å². The molecule has 0 saturated carbocycles. The molecule has 0 unspecified atom stereocenters. The van der Waals surface area contributed by atoms with Crippen LogP contribution >= 0.6 is 12.4 Å². The summed E-state index contributed by atoms with van der Waals surface area (Å²) in [7, 11) is 1.36. The molecular formula is C14H21ClF6N2O2. The molecule has 25 heavy (non-hydrogen) atoms. The minimum atomic E-state index is -5.46. The largest absolute Gasteiger partial charge is 0.404 e. The minimum Gasteiger partial charge on any atom is -0.384 e. The third kappa shape index (κ3) is 3.85. The number of amides is 1.